The normalized spacial score (nSPS) is 8.82. The van der Waals surface area contributed by atoms with Gasteiger partial charge in [-0.05, 0) is 0 Å². The maximum absolute atomic E-state index is 11.1. The van der Waals surface area contributed by atoms with Crippen LogP contribution in [0.4, 0.5) is 0 Å². The minimum Gasteiger partial charge on any atom is -0.390 e. The molecule has 0 amide bonds. The van der Waals surface area contributed by atoms with Crippen LogP contribution in [0.15, 0.2) is 0 Å². The third-order valence-electron chi connectivity index (χ3n) is 1.55. The molecule has 0 saturated carbocycles. The van der Waals surface area contributed by atoms with Gasteiger partial charge in [0.15, 0.2) is 11.9 Å². The van der Waals surface area contributed by atoms with Gasteiger partial charge in [0.1, 0.15) is 13.1 Å². The minimum absolute atomic E-state index is 0.0514. The summed E-state index contributed by atoms with van der Waals surface area (Å²) in [5.41, 5.74) is 0. The Balaban J connectivity index is 3.77. The number of carbonyl (C=O) groups excluding carboxylic acids is 2. The summed E-state index contributed by atoms with van der Waals surface area (Å²) in [5.74, 6) is -1.70. The zero-order valence-electron chi connectivity index (χ0n) is 9.64. The van der Waals surface area contributed by atoms with Crippen LogP contribution in [0.3, 0.4) is 0 Å². The Morgan fingerprint density at radius 2 is 1.29 bits per heavy atom. The van der Waals surface area contributed by atoms with Crippen molar-refractivity contribution >= 4 is 23.9 Å². The first-order valence-corrected chi connectivity index (χ1v) is 4.73. The number of carbonyl (C=O) groups is 2. The molecule has 0 rings (SSSR count). The second-order valence-electron chi connectivity index (χ2n) is 2.80. The molecule has 0 aromatic heterocycles. The average Bonchev–Trinajstić information content (AvgIpc) is 2.32. The van der Waals surface area contributed by atoms with Crippen LogP contribution in [0.25, 0.3) is 0 Å². The third kappa shape index (κ3) is 7.59. The lowest BCUT2D eigenvalue weighted by atomic mass is 10.6. The van der Waals surface area contributed by atoms with Gasteiger partial charge in [0.05, 0.1) is 0 Å². The maximum Gasteiger partial charge on any atom is 0.333 e. The Morgan fingerprint density at radius 1 is 0.941 bits per heavy atom. The smallest absolute Gasteiger partial charge is 0.333 e. The number of guanidine groups is 2. The minimum atomic E-state index is -0.798. The Kier molecular flexibility index (Phi) is 6.83. The zero-order valence-corrected chi connectivity index (χ0v) is 9.64. The van der Waals surface area contributed by atoms with E-state index >= 15 is 0 Å². The first-order chi connectivity index (χ1) is 7.99. The monoisotopic (exact) mass is 244 g/mol. The molecule has 9 heteroatoms. The highest BCUT2D eigenvalue weighted by Gasteiger charge is 2.10. The van der Waals surface area contributed by atoms with Gasteiger partial charge < -0.3 is 26.0 Å². The van der Waals surface area contributed by atoms with Crippen molar-refractivity contribution in [1.29, 1.82) is 10.8 Å². The fourth-order valence-electron chi connectivity index (χ4n) is 0.697. The fraction of sp³-hybridized carbons (Fsp3) is 0.500. The van der Waals surface area contributed by atoms with Crippen molar-refractivity contribution in [2.24, 2.45) is 0 Å². The van der Waals surface area contributed by atoms with E-state index in [4.69, 9.17) is 10.8 Å². The van der Waals surface area contributed by atoms with Crippen molar-refractivity contribution in [3.05, 3.63) is 0 Å². The van der Waals surface area contributed by atoms with Gasteiger partial charge in [0, 0.05) is 14.1 Å². The lowest BCUT2D eigenvalue weighted by molar-refractivity contribution is -0.157. The van der Waals surface area contributed by atoms with Crippen LogP contribution < -0.4 is 21.3 Å². The van der Waals surface area contributed by atoms with Crippen molar-refractivity contribution < 1.29 is 14.3 Å². The van der Waals surface area contributed by atoms with Crippen molar-refractivity contribution in [3.8, 4) is 0 Å². The van der Waals surface area contributed by atoms with E-state index in [9.17, 15) is 9.59 Å². The molecule has 0 aromatic carbocycles. The molecule has 0 unspecified atom stereocenters. The Morgan fingerprint density at radius 3 is 1.59 bits per heavy atom. The Labute approximate surface area is 98.3 Å². The molecule has 0 atom stereocenters. The predicted molar refractivity (Wildman–Crippen MR) is 60.7 cm³/mol. The second kappa shape index (κ2) is 7.91. The predicted octanol–water partition coefficient (Wildman–Crippen LogP) is -2.46. The molecule has 0 aliphatic heterocycles. The van der Waals surface area contributed by atoms with E-state index in [1.54, 1.807) is 0 Å². The van der Waals surface area contributed by atoms with Crippen molar-refractivity contribution in [2.45, 2.75) is 0 Å². The van der Waals surface area contributed by atoms with E-state index in [2.05, 4.69) is 26.0 Å². The number of hydrogen-bond donors (Lipinski definition) is 6. The van der Waals surface area contributed by atoms with Crippen LogP contribution in [-0.2, 0) is 14.3 Å². The van der Waals surface area contributed by atoms with Gasteiger partial charge in [-0.1, -0.05) is 0 Å². The lowest BCUT2D eigenvalue weighted by Crippen LogP contribution is -2.40. The summed E-state index contributed by atoms with van der Waals surface area (Å²) in [4.78, 5) is 22.1. The highest BCUT2D eigenvalue weighted by atomic mass is 16.6. The topological polar surface area (TPSA) is 139 Å². The molecule has 9 nitrogen and oxygen atoms in total. The van der Waals surface area contributed by atoms with E-state index in [1.807, 2.05) is 0 Å². The number of esters is 2. The molecule has 0 aromatic rings. The highest BCUT2D eigenvalue weighted by Crippen LogP contribution is 1.79. The van der Waals surface area contributed by atoms with E-state index in [-0.39, 0.29) is 25.0 Å². The van der Waals surface area contributed by atoms with E-state index in [1.165, 1.54) is 14.1 Å². The summed E-state index contributed by atoms with van der Waals surface area (Å²) >= 11 is 0. The number of hydrogen-bond acceptors (Lipinski definition) is 5. The average molecular weight is 244 g/mol. The van der Waals surface area contributed by atoms with Crippen LogP contribution >= 0.6 is 0 Å². The van der Waals surface area contributed by atoms with Gasteiger partial charge in [-0.25, -0.2) is 9.59 Å². The summed E-state index contributed by atoms with van der Waals surface area (Å²) in [6, 6.07) is 0. The molecular formula is C8H16N6O3. The molecule has 0 spiro atoms. The van der Waals surface area contributed by atoms with E-state index in [0.29, 0.717) is 0 Å². The van der Waals surface area contributed by atoms with Gasteiger partial charge in [-0.2, -0.15) is 0 Å². The third-order valence-corrected chi connectivity index (χ3v) is 1.55. The number of nitrogens with one attached hydrogen (secondary N) is 6. The largest absolute Gasteiger partial charge is 0.390 e. The van der Waals surface area contributed by atoms with Crippen LogP contribution in [0.5, 0.6) is 0 Å². The van der Waals surface area contributed by atoms with E-state index in [0.717, 1.165) is 0 Å². The summed E-state index contributed by atoms with van der Waals surface area (Å²) in [6.07, 6.45) is 0. The molecule has 0 saturated heterocycles. The Bertz CT molecular complexity index is 286. The molecule has 0 heterocycles. The van der Waals surface area contributed by atoms with Gasteiger partial charge in [-0.3, -0.25) is 10.8 Å². The highest BCUT2D eigenvalue weighted by molar-refractivity contribution is 5.91. The van der Waals surface area contributed by atoms with E-state index < -0.39 is 11.9 Å². The molecule has 0 bridgehead atoms. The molecule has 6 N–H and O–H groups in total. The first-order valence-electron chi connectivity index (χ1n) is 4.73. The zero-order chi connectivity index (χ0) is 13.3. The molecule has 0 aliphatic rings. The summed E-state index contributed by atoms with van der Waals surface area (Å²) in [5, 5.41) is 23.9. The second-order valence-corrected chi connectivity index (χ2v) is 2.80. The quantitative estimate of drug-likeness (QED) is 0.139. The van der Waals surface area contributed by atoms with Crippen LogP contribution in [0, 0.1) is 10.8 Å². The SMILES string of the molecule is CNC(=N)NCC(=O)OC(=O)CNC(=N)NC. The molecular weight excluding hydrogens is 228 g/mol. The van der Waals surface area contributed by atoms with Crippen LogP contribution in [0.1, 0.15) is 0 Å². The summed E-state index contributed by atoms with van der Waals surface area (Å²) < 4.78 is 4.39. The Hall–Kier alpha value is -2.32. The van der Waals surface area contributed by atoms with Crippen molar-refractivity contribution in [3.63, 3.8) is 0 Å². The molecule has 0 radical (unpaired) electrons. The molecule has 0 fully saturated rings. The number of ether oxygens (including phenoxy) is 1. The van der Waals surface area contributed by atoms with Gasteiger partial charge in [0.2, 0.25) is 0 Å². The summed E-state index contributed by atoms with van der Waals surface area (Å²) in [7, 11) is 3.03. The molecule has 96 valence electrons. The molecule has 17 heavy (non-hydrogen) atoms. The standard InChI is InChI=1S/C8H16N6O3/c1-11-7(9)13-3-5(15)17-6(16)4-14-8(10)12-2/h3-4H2,1-2H3,(H3,9,11,13)(H3,10,12,14). The lowest BCUT2D eigenvalue weighted by Gasteiger charge is -2.07. The van der Waals surface area contributed by atoms with Crippen molar-refractivity contribution in [1.82, 2.24) is 21.3 Å². The maximum atomic E-state index is 11.1. The summed E-state index contributed by atoms with van der Waals surface area (Å²) in [6.45, 7) is -0.566. The fourth-order valence-corrected chi connectivity index (χ4v) is 0.697. The van der Waals surface area contributed by atoms with Gasteiger partial charge in [0.25, 0.3) is 0 Å². The van der Waals surface area contributed by atoms with Crippen LogP contribution in [-0.4, -0.2) is 51.0 Å². The van der Waals surface area contributed by atoms with Gasteiger partial charge >= 0.3 is 11.9 Å². The van der Waals surface area contributed by atoms with Gasteiger partial charge in [-0.15, -0.1) is 0 Å². The van der Waals surface area contributed by atoms with Crippen molar-refractivity contribution in [2.75, 3.05) is 27.2 Å². The molecule has 0 aliphatic carbocycles. The van der Waals surface area contributed by atoms with Crippen LogP contribution in [0.2, 0.25) is 0 Å². The number of rotatable bonds is 4. The first kappa shape index (κ1) is 14.7.